The van der Waals surface area contributed by atoms with Gasteiger partial charge in [-0.25, -0.2) is 4.79 Å². The smallest absolute Gasteiger partial charge is 0.338 e. The van der Waals surface area contributed by atoms with Crippen LogP contribution in [-0.4, -0.2) is 43.4 Å². The number of benzene rings is 2. The molecule has 0 spiro atoms. The molecule has 3 N–H and O–H groups in total. The van der Waals surface area contributed by atoms with E-state index in [1.54, 1.807) is 19.0 Å². The first kappa shape index (κ1) is 20.4. The number of nitrogens with two attached hydrogens (primary N) is 1. The van der Waals surface area contributed by atoms with Gasteiger partial charge in [-0.3, -0.25) is 19.7 Å². The highest BCUT2D eigenvalue weighted by Gasteiger charge is 2.20. The fraction of sp³-hybridized carbons (Fsp3) is 0.167. The van der Waals surface area contributed by atoms with E-state index in [0.717, 1.165) is 6.07 Å². The van der Waals surface area contributed by atoms with Crippen molar-refractivity contribution >= 4 is 34.8 Å². The van der Waals surface area contributed by atoms with Crippen LogP contribution in [0, 0.1) is 10.1 Å². The molecule has 0 aliphatic rings. The van der Waals surface area contributed by atoms with Crippen molar-refractivity contribution in [2.75, 3.05) is 30.9 Å². The van der Waals surface area contributed by atoms with E-state index in [-0.39, 0.29) is 16.8 Å². The van der Waals surface area contributed by atoms with Crippen LogP contribution in [0.1, 0.15) is 20.7 Å². The fourth-order valence-corrected chi connectivity index (χ4v) is 2.30. The summed E-state index contributed by atoms with van der Waals surface area (Å²) < 4.78 is 4.90. The summed E-state index contributed by atoms with van der Waals surface area (Å²) in [5, 5.41) is 13.7. The Kier molecular flexibility index (Phi) is 6.27. The van der Waals surface area contributed by atoms with Crippen molar-refractivity contribution in [2.24, 2.45) is 5.73 Å². The van der Waals surface area contributed by atoms with Gasteiger partial charge in [-0.2, -0.15) is 0 Å². The molecule has 2 amide bonds. The molecule has 146 valence electrons. The lowest BCUT2D eigenvalue weighted by Crippen LogP contribution is -2.21. The first-order valence-corrected chi connectivity index (χ1v) is 8.01. The molecule has 2 aromatic carbocycles. The van der Waals surface area contributed by atoms with Crippen molar-refractivity contribution in [3.63, 3.8) is 0 Å². The third kappa shape index (κ3) is 5.04. The molecule has 10 heteroatoms. The zero-order chi connectivity index (χ0) is 20.8. The van der Waals surface area contributed by atoms with Crippen LogP contribution in [0.4, 0.5) is 17.1 Å². The number of hydrogen-bond acceptors (Lipinski definition) is 7. The lowest BCUT2D eigenvalue weighted by atomic mass is 10.1. The van der Waals surface area contributed by atoms with E-state index in [2.05, 4.69) is 5.32 Å². The topological polar surface area (TPSA) is 145 Å². The second-order valence-electron chi connectivity index (χ2n) is 5.92. The van der Waals surface area contributed by atoms with Crippen molar-refractivity contribution in [1.29, 1.82) is 0 Å². The molecular formula is C18H18N4O6. The lowest BCUT2D eigenvalue weighted by Gasteiger charge is -2.13. The zero-order valence-corrected chi connectivity index (χ0v) is 15.2. The van der Waals surface area contributed by atoms with Gasteiger partial charge in [0.1, 0.15) is 5.69 Å². The van der Waals surface area contributed by atoms with Gasteiger partial charge in [-0.05, 0) is 36.4 Å². The highest BCUT2D eigenvalue weighted by atomic mass is 16.6. The van der Waals surface area contributed by atoms with Gasteiger partial charge in [-0.1, -0.05) is 0 Å². The van der Waals surface area contributed by atoms with E-state index in [1.807, 2.05) is 0 Å². The third-order valence-electron chi connectivity index (χ3n) is 3.68. The van der Waals surface area contributed by atoms with E-state index in [1.165, 1.54) is 36.4 Å². The molecule has 10 nitrogen and oxygen atoms in total. The Morgan fingerprint density at radius 1 is 1.11 bits per heavy atom. The van der Waals surface area contributed by atoms with Crippen molar-refractivity contribution in [2.45, 2.75) is 0 Å². The van der Waals surface area contributed by atoms with E-state index in [0.29, 0.717) is 11.4 Å². The summed E-state index contributed by atoms with van der Waals surface area (Å²) in [5.74, 6) is -2.08. The molecule has 0 unspecified atom stereocenters. The number of primary amides is 1. The normalized spacial score (nSPS) is 10.1. The first-order chi connectivity index (χ1) is 13.2. The number of nitrogens with one attached hydrogen (secondary N) is 1. The monoisotopic (exact) mass is 386 g/mol. The molecule has 0 atom stereocenters. The SMILES string of the molecule is CN(C)c1ccc(C(=O)OCC(=O)Nc2ccc(C(N)=O)cc2)cc1[N+](=O)[O-]. The highest BCUT2D eigenvalue weighted by Crippen LogP contribution is 2.27. The maximum absolute atomic E-state index is 12.1. The highest BCUT2D eigenvalue weighted by molar-refractivity contribution is 5.97. The Morgan fingerprint density at radius 2 is 1.71 bits per heavy atom. The van der Waals surface area contributed by atoms with Gasteiger partial charge in [0.25, 0.3) is 11.6 Å². The summed E-state index contributed by atoms with van der Waals surface area (Å²) in [6.45, 7) is -0.584. The van der Waals surface area contributed by atoms with E-state index >= 15 is 0 Å². The molecule has 0 saturated carbocycles. The summed E-state index contributed by atoms with van der Waals surface area (Å²) >= 11 is 0. The maximum atomic E-state index is 12.1. The number of amides is 2. The molecule has 0 aliphatic heterocycles. The van der Waals surface area contributed by atoms with Gasteiger partial charge in [0.2, 0.25) is 5.91 Å². The fourth-order valence-electron chi connectivity index (χ4n) is 2.30. The van der Waals surface area contributed by atoms with Crippen LogP contribution in [0.25, 0.3) is 0 Å². The maximum Gasteiger partial charge on any atom is 0.338 e. The van der Waals surface area contributed by atoms with Gasteiger partial charge in [0.05, 0.1) is 10.5 Å². The molecule has 2 rings (SSSR count). The second kappa shape index (κ2) is 8.62. The molecule has 0 saturated heterocycles. The summed E-state index contributed by atoms with van der Waals surface area (Å²) in [4.78, 5) is 47.1. The van der Waals surface area contributed by atoms with Crippen LogP contribution in [-0.2, 0) is 9.53 Å². The van der Waals surface area contributed by atoms with Crippen LogP contribution < -0.4 is 16.0 Å². The first-order valence-electron chi connectivity index (χ1n) is 8.01. The number of carbonyl (C=O) groups is 3. The minimum Gasteiger partial charge on any atom is -0.452 e. The van der Waals surface area contributed by atoms with Crippen molar-refractivity contribution in [3.8, 4) is 0 Å². The molecule has 2 aromatic rings. The Hall–Kier alpha value is -3.95. The van der Waals surface area contributed by atoms with E-state index < -0.39 is 29.3 Å². The number of nitro groups is 1. The standard InChI is InChI=1S/C18H18N4O6/c1-21(2)14-8-5-12(9-15(14)22(26)27)18(25)28-10-16(23)20-13-6-3-11(4-7-13)17(19)24/h3-9H,10H2,1-2H3,(H2,19,24)(H,20,23). The van der Waals surface area contributed by atoms with Crippen LogP contribution in [0.5, 0.6) is 0 Å². The minimum absolute atomic E-state index is 0.0455. The largest absolute Gasteiger partial charge is 0.452 e. The lowest BCUT2D eigenvalue weighted by molar-refractivity contribution is -0.384. The molecule has 0 heterocycles. The van der Waals surface area contributed by atoms with Gasteiger partial charge < -0.3 is 20.7 Å². The number of anilines is 2. The molecule has 0 aromatic heterocycles. The molecule has 0 aliphatic carbocycles. The molecular weight excluding hydrogens is 368 g/mol. The quantitative estimate of drug-likeness (QED) is 0.417. The molecule has 28 heavy (non-hydrogen) atoms. The second-order valence-corrected chi connectivity index (χ2v) is 5.92. The Bertz CT molecular complexity index is 924. The number of esters is 1. The number of carbonyl (C=O) groups excluding carboxylic acids is 3. The third-order valence-corrected chi connectivity index (χ3v) is 3.68. The summed E-state index contributed by atoms with van der Waals surface area (Å²) in [6, 6.07) is 9.73. The summed E-state index contributed by atoms with van der Waals surface area (Å²) in [6.07, 6.45) is 0. The Morgan fingerprint density at radius 3 is 2.25 bits per heavy atom. The average Bonchev–Trinajstić information content (AvgIpc) is 2.65. The zero-order valence-electron chi connectivity index (χ0n) is 15.2. The van der Waals surface area contributed by atoms with Gasteiger partial charge in [-0.15, -0.1) is 0 Å². The van der Waals surface area contributed by atoms with Crippen LogP contribution in [0.15, 0.2) is 42.5 Å². The predicted molar refractivity (Wildman–Crippen MR) is 101 cm³/mol. The van der Waals surface area contributed by atoms with Crippen LogP contribution in [0.2, 0.25) is 0 Å². The van der Waals surface area contributed by atoms with E-state index in [9.17, 15) is 24.5 Å². The Balaban J connectivity index is 1.99. The number of nitro benzene ring substituents is 1. The molecule has 0 fully saturated rings. The Labute approximate surface area is 160 Å². The summed E-state index contributed by atoms with van der Waals surface area (Å²) in [5.41, 5.74) is 5.83. The molecule has 0 bridgehead atoms. The molecule has 0 radical (unpaired) electrons. The number of nitrogens with zero attached hydrogens (tertiary/aromatic N) is 2. The van der Waals surface area contributed by atoms with Crippen molar-refractivity contribution < 1.29 is 24.0 Å². The van der Waals surface area contributed by atoms with Crippen LogP contribution in [0.3, 0.4) is 0 Å². The van der Waals surface area contributed by atoms with Crippen molar-refractivity contribution in [3.05, 3.63) is 63.7 Å². The van der Waals surface area contributed by atoms with Gasteiger partial charge >= 0.3 is 5.97 Å². The van der Waals surface area contributed by atoms with E-state index in [4.69, 9.17) is 10.5 Å². The van der Waals surface area contributed by atoms with Crippen molar-refractivity contribution in [1.82, 2.24) is 0 Å². The van der Waals surface area contributed by atoms with Crippen LogP contribution >= 0.6 is 0 Å². The van der Waals surface area contributed by atoms with Gasteiger partial charge in [0.15, 0.2) is 6.61 Å². The summed E-state index contributed by atoms with van der Waals surface area (Å²) in [7, 11) is 3.28. The van der Waals surface area contributed by atoms with Gasteiger partial charge in [0, 0.05) is 31.4 Å². The number of hydrogen-bond donors (Lipinski definition) is 2. The predicted octanol–water partition coefficient (Wildman–Crippen LogP) is 1.56. The minimum atomic E-state index is -0.868. The average molecular weight is 386 g/mol. The number of rotatable bonds is 7. The number of ether oxygens (including phenoxy) is 1.